The number of nitrogens with zero attached hydrogens (tertiary/aromatic N) is 2. The Bertz CT molecular complexity index is 935. The summed E-state index contributed by atoms with van der Waals surface area (Å²) < 4.78 is 56.7. The van der Waals surface area contributed by atoms with E-state index in [1.165, 1.54) is 19.2 Å². The fourth-order valence-corrected chi connectivity index (χ4v) is 3.10. The van der Waals surface area contributed by atoms with Crippen molar-refractivity contribution < 1.29 is 57.6 Å². The number of carboxylic acids is 1. The SMILES string of the molecule is COc1nc(CC(=O)O)c(C2OCCO2)c(N[C@H](C)c2cccc(C(F)F)c2F)n1.[H-].[Li+]. The molecule has 3 rings (SSSR count). The van der Waals surface area contributed by atoms with Gasteiger partial charge in [0.25, 0.3) is 6.43 Å². The maximum atomic E-state index is 14.6. The van der Waals surface area contributed by atoms with Crippen LogP contribution in [0.1, 0.15) is 49.5 Å². The van der Waals surface area contributed by atoms with Gasteiger partial charge in [0, 0.05) is 5.56 Å². The molecule has 164 valence electrons. The average Bonchev–Trinajstić information content (AvgIpc) is 3.21. The number of rotatable bonds is 8. The third-order valence-electron chi connectivity index (χ3n) is 4.48. The molecule has 0 amide bonds. The van der Waals surface area contributed by atoms with Gasteiger partial charge < -0.3 is 26.1 Å². The molecule has 0 spiro atoms. The fourth-order valence-electron chi connectivity index (χ4n) is 3.10. The standard InChI is InChI=1S/C19H20F3N3O5.Li.H/c1-9(10-4-3-5-11(15(10)20)16(21)22)23-17-14(18-29-6-7-30-18)12(8-13(26)27)24-19(25-17)28-2;;/h3-5,9,16,18H,6-8H2,1-2H3,(H,26,27)(H,23,24,25);;/q;+1;-1/t9-;;/m1../s1. The molecular weight excluding hydrogens is 414 g/mol. The molecule has 0 unspecified atom stereocenters. The monoisotopic (exact) mass is 435 g/mol. The van der Waals surface area contributed by atoms with Crippen molar-refractivity contribution in [2.45, 2.75) is 32.1 Å². The first kappa shape index (κ1) is 24.9. The number of alkyl halides is 2. The van der Waals surface area contributed by atoms with E-state index < -0.39 is 42.5 Å². The van der Waals surface area contributed by atoms with E-state index in [0.29, 0.717) is 0 Å². The normalized spacial score (nSPS) is 14.9. The Morgan fingerprint density at radius 1 is 1.32 bits per heavy atom. The molecule has 0 bridgehead atoms. The third kappa shape index (κ3) is 5.68. The molecule has 2 heterocycles. The van der Waals surface area contributed by atoms with Crippen molar-refractivity contribution in [2.75, 3.05) is 25.6 Å². The molecule has 1 saturated heterocycles. The van der Waals surface area contributed by atoms with Gasteiger partial charge in [0.15, 0.2) is 6.29 Å². The first-order valence-electron chi connectivity index (χ1n) is 9.04. The number of ether oxygens (including phenoxy) is 3. The van der Waals surface area contributed by atoms with Crippen LogP contribution in [0.2, 0.25) is 0 Å². The van der Waals surface area contributed by atoms with Crippen molar-refractivity contribution in [3.8, 4) is 6.01 Å². The van der Waals surface area contributed by atoms with E-state index >= 15 is 0 Å². The molecule has 1 aromatic carbocycles. The van der Waals surface area contributed by atoms with Gasteiger partial charge in [-0.3, -0.25) is 4.79 Å². The molecule has 2 N–H and O–H groups in total. The van der Waals surface area contributed by atoms with Crippen molar-refractivity contribution in [3.63, 3.8) is 0 Å². The fraction of sp³-hybridized carbons (Fsp3) is 0.421. The second kappa shape index (κ2) is 10.8. The summed E-state index contributed by atoms with van der Waals surface area (Å²) in [6.07, 6.45) is -4.36. The van der Waals surface area contributed by atoms with E-state index in [0.717, 1.165) is 6.07 Å². The largest absolute Gasteiger partial charge is 1.00 e. The first-order valence-corrected chi connectivity index (χ1v) is 9.04. The Labute approximate surface area is 189 Å². The second-order valence-electron chi connectivity index (χ2n) is 6.48. The molecule has 0 radical (unpaired) electrons. The second-order valence-corrected chi connectivity index (χ2v) is 6.48. The molecule has 1 atom stereocenters. The van der Waals surface area contributed by atoms with Crippen LogP contribution in [0.4, 0.5) is 19.0 Å². The summed E-state index contributed by atoms with van der Waals surface area (Å²) in [6, 6.07) is 2.79. The van der Waals surface area contributed by atoms with Gasteiger partial charge in [-0.25, -0.2) is 13.2 Å². The molecule has 31 heavy (non-hydrogen) atoms. The van der Waals surface area contributed by atoms with Gasteiger partial charge in [-0.15, -0.1) is 0 Å². The summed E-state index contributed by atoms with van der Waals surface area (Å²) in [4.78, 5) is 19.6. The minimum Gasteiger partial charge on any atom is -1.00 e. The number of benzene rings is 1. The zero-order valence-corrected chi connectivity index (χ0v) is 17.2. The van der Waals surface area contributed by atoms with Crippen LogP contribution in [-0.2, 0) is 20.7 Å². The topological polar surface area (TPSA) is 103 Å². The molecule has 2 aromatic rings. The molecule has 0 aliphatic carbocycles. The molecule has 0 saturated carbocycles. The summed E-state index contributed by atoms with van der Waals surface area (Å²) in [6.45, 7) is 2.12. The number of hydrogen-bond donors (Lipinski definition) is 2. The molecular formula is C19H21F3LiN3O5. The minimum atomic E-state index is -2.96. The number of nitrogens with one attached hydrogen (secondary N) is 1. The number of aromatic nitrogens is 2. The van der Waals surface area contributed by atoms with Crippen LogP contribution < -0.4 is 28.9 Å². The van der Waals surface area contributed by atoms with Crippen molar-refractivity contribution in [2.24, 2.45) is 0 Å². The minimum absolute atomic E-state index is 0. The van der Waals surface area contributed by atoms with Crippen molar-refractivity contribution >= 4 is 11.8 Å². The number of anilines is 1. The summed E-state index contributed by atoms with van der Waals surface area (Å²) in [5.41, 5.74) is -0.397. The Hall–Kier alpha value is -2.32. The average molecular weight is 435 g/mol. The molecule has 1 fully saturated rings. The van der Waals surface area contributed by atoms with Gasteiger partial charge in [0.1, 0.15) is 11.6 Å². The zero-order valence-electron chi connectivity index (χ0n) is 18.2. The van der Waals surface area contributed by atoms with Gasteiger partial charge in [0.2, 0.25) is 0 Å². The summed E-state index contributed by atoms with van der Waals surface area (Å²) in [5.74, 6) is -2.08. The van der Waals surface area contributed by atoms with Gasteiger partial charge in [-0.05, 0) is 6.92 Å². The Morgan fingerprint density at radius 3 is 2.55 bits per heavy atom. The van der Waals surface area contributed by atoms with Crippen LogP contribution in [0.3, 0.4) is 0 Å². The third-order valence-corrected chi connectivity index (χ3v) is 4.48. The predicted molar refractivity (Wildman–Crippen MR) is 99.1 cm³/mol. The maximum Gasteiger partial charge on any atom is 1.00 e. The molecule has 1 aliphatic rings. The summed E-state index contributed by atoms with van der Waals surface area (Å²) in [5, 5.41) is 12.2. The Balaban J connectivity index is 0.00000256. The van der Waals surface area contributed by atoms with Crippen molar-refractivity contribution in [3.05, 3.63) is 46.4 Å². The molecule has 12 heteroatoms. The summed E-state index contributed by atoms with van der Waals surface area (Å²) >= 11 is 0. The van der Waals surface area contributed by atoms with E-state index in [2.05, 4.69) is 15.3 Å². The van der Waals surface area contributed by atoms with Crippen LogP contribution in [0, 0.1) is 5.82 Å². The van der Waals surface area contributed by atoms with E-state index in [9.17, 15) is 23.1 Å². The van der Waals surface area contributed by atoms with Crippen LogP contribution in [0.15, 0.2) is 18.2 Å². The van der Waals surface area contributed by atoms with E-state index in [1.807, 2.05) is 0 Å². The Kier molecular flexibility index (Phi) is 8.70. The van der Waals surface area contributed by atoms with Gasteiger partial charge in [-0.1, -0.05) is 18.2 Å². The number of aliphatic carboxylic acids is 1. The van der Waals surface area contributed by atoms with Gasteiger partial charge in [-0.2, -0.15) is 9.97 Å². The smallest absolute Gasteiger partial charge is 1.00 e. The maximum absolute atomic E-state index is 14.6. The van der Waals surface area contributed by atoms with Crippen LogP contribution in [0.5, 0.6) is 6.01 Å². The van der Waals surface area contributed by atoms with Gasteiger partial charge >= 0.3 is 30.8 Å². The number of carboxylic acid groups (broad SMARTS) is 1. The first-order chi connectivity index (χ1) is 14.3. The van der Waals surface area contributed by atoms with Crippen molar-refractivity contribution in [1.82, 2.24) is 9.97 Å². The number of carbonyl (C=O) groups is 1. The van der Waals surface area contributed by atoms with Crippen LogP contribution >= 0.6 is 0 Å². The molecule has 8 nitrogen and oxygen atoms in total. The van der Waals surface area contributed by atoms with Crippen molar-refractivity contribution in [1.29, 1.82) is 0 Å². The molecule has 1 aromatic heterocycles. The number of methoxy groups -OCH3 is 1. The number of halogens is 3. The van der Waals surface area contributed by atoms with E-state index in [4.69, 9.17) is 14.2 Å². The van der Waals surface area contributed by atoms with E-state index in [1.54, 1.807) is 6.92 Å². The van der Waals surface area contributed by atoms with Gasteiger partial charge in [0.05, 0.1) is 49.6 Å². The predicted octanol–water partition coefficient (Wildman–Crippen LogP) is 0.524. The Morgan fingerprint density at radius 2 is 1.97 bits per heavy atom. The number of hydrogen-bond acceptors (Lipinski definition) is 7. The van der Waals surface area contributed by atoms with E-state index in [-0.39, 0.29) is 62.2 Å². The van der Waals surface area contributed by atoms with Crippen LogP contribution in [0.25, 0.3) is 0 Å². The zero-order chi connectivity index (χ0) is 21.8. The quantitative estimate of drug-likeness (QED) is 0.579. The summed E-state index contributed by atoms with van der Waals surface area (Å²) in [7, 11) is 1.31. The van der Waals surface area contributed by atoms with Crippen LogP contribution in [-0.4, -0.2) is 41.4 Å². The molecule has 1 aliphatic heterocycles.